The SMILES string of the molecule is COc1ccc(N(Cc2ccc(C(=O)CN)cc2F)C(=O)N2CCCCC2)cc1.COc1ccc(N(Cc2ccc(C(=O)CNC(=O)C(F)(F)F)cc2F)C(=O)N2CCCCC2)cc1. The van der Waals surface area contributed by atoms with Crippen LogP contribution in [0.3, 0.4) is 0 Å². The molecule has 0 atom stereocenters. The number of nitrogens with two attached hydrogens (primary N) is 1. The number of piperidine rings is 2. The number of anilines is 2. The number of carbonyl (C=O) groups is 5. The van der Waals surface area contributed by atoms with Crippen molar-refractivity contribution < 1.29 is 55.4 Å². The van der Waals surface area contributed by atoms with Gasteiger partial charge in [-0.2, -0.15) is 13.2 Å². The number of Topliss-reactive ketones (excluding diaryl/α,β-unsaturated/α-hetero) is 2. The number of halogens is 5. The number of alkyl halides is 3. The van der Waals surface area contributed by atoms with Crippen molar-refractivity contribution in [1.82, 2.24) is 15.1 Å². The number of amides is 5. The number of nitrogens with zero attached hydrogens (tertiary/aromatic N) is 4. The minimum atomic E-state index is -5.12. The van der Waals surface area contributed by atoms with Crippen molar-refractivity contribution in [1.29, 1.82) is 0 Å². The van der Waals surface area contributed by atoms with E-state index in [9.17, 15) is 45.9 Å². The molecule has 2 saturated heterocycles. The fraction of sp³-hybridized carbons (Fsp3) is 0.370. The summed E-state index contributed by atoms with van der Waals surface area (Å²) >= 11 is 0. The molecule has 13 nitrogen and oxygen atoms in total. The van der Waals surface area contributed by atoms with Crippen molar-refractivity contribution in [2.24, 2.45) is 5.73 Å². The molecule has 0 unspecified atom stereocenters. The van der Waals surface area contributed by atoms with E-state index in [1.165, 1.54) is 41.6 Å². The maximum absolute atomic E-state index is 14.9. The lowest BCUT2D eigenvalue weighted by Gasteiger charge is -2.33. The van der Waals surface area contributed by atoms with Crippen LogP contribution in [0.1, 0.15) is 70.4 Å². The molecule has 4 aromatic carbocycles. The number of nitrogens with one attached hydrogen (secondary N) is 1. The average molecular weight is 895 g/mol. The van der Waals surface area contributed by atoms with Crippen LogP contribution in [-0.4, -0.2) is 99.0 Å². The van der Waals surface area contributed by atoms with Crippen molar-refractivity contribution in [3.63, 3.8) is 0 Å². The van der Waals surface area contributed by atoms with Crippen LogP contribution < -0.4 is 30.3 Å². The molecule has 6 rings (SSSR count). The van der Waals surface area contributed by atoms with Crippen LogP contribution in [0.15, 0.2) is 84.9 Å². The maximum Gasteiger partial charge on any atom is 0.471 e. The average Bonchev–Trinajstić information content (AvgIpc) is 3.32. The summed E-state index contributed by atoms with van der Waals surface area (Å²) in [5, 5.41) is 1.46. The molecule has 2 heterocycles. The molecule has 342 valence electrons. The number of methoxy groups -OCH3 is 2. The lowest BCUT2D eigenvalue weighted by Crippen LogP contribution is -2.45. The number of rotatable bonds is 13. The van der Waals surface area contributed by atoms with Gasteiger partial charge in [-0.05, 0) is 99.2 Å². The van der Waals surface area contributed by atoms with Crippen molar-refractivity contribution in [3.8, 4) is 11.5 Å². The van der Waals surface area contributed by atoms with E-state index in [-0.39, 0.29) is 54.2 Å². The molecule has 2 aliphatic rings. The molecule has 2 fully saturated rings. The zero-order chi connectivity index (χ0) is 46.4. The van der Waals surface area contributed by atoms with Gasteiger partial charge in [0, 0.05) is 59.8 Å². The van der Waals surface area contributed by atoms with Gasteiger partial charge in [0.15, 0.2) is 11.6 Å². The summed E-state index contributed by atoms with van der Waals surface area (Å²) < 4.78 is 76.8. The first kappa shape index (κ1) is 48.5. The fourth-order valence-electron chi connectivity index (χ4n) is 7.09. The topological polar surface area (TPSA) is 155 Å². The van der Waals surface area contributed by atoms with Gasteiger partial charge in [0.05, 0.1) is 40.4 Å². The zero-order valence-electron chi connectivity index (χ0n) is 35.6. The third kappa shape index (κ3) is 13.0. The van der Waals surface area contributed by atoms with Crippen molar-refractivity contribution in [2.75, 3.05) is 63.3 Å². The Morgan fingerprint density at radius 2 is 1.00 bits per heavy atom. The van der Waals surface area contributed by atoms with Crippen LogP contribution >= 0.6 is 0 Å². The molecular weight excluding hydrogens is 844 g/mol. The normalized spacial score (nSPS) is 13.8. The van der Waals surface area contributed by atoms with E-state index in [0.717, 1.165) is 44.6 Å². The molecule has 0 aromatic heterocycles. The Bertz CT molecular complexity index is 2250. The van der Waals surface area contributed by atoms with Crippen LogP contribution in [0, 0.1) is 11.6 Å². The molecular formula is C46H51F5N6O7. The summed E-state index contributed by atoms with van der Waals surface area (Å²) in [6, 6.07) is 21.1. The molecule has 4 aromatic rings. The first-order valence-corrected chi connectivity index (χ1v) is 20.7. The number of urea groups is 2. The van der Waals surface area contributed by atoms with Gasteiger partial charge in [0.25, 0.3) is 0 Å². The number of hydrogen-bond acceptors (Lipinski definition) is 8. The number of ketones is 2. The summed E-state index contributed by atoms with van der Waals surface area (Å²) in [6.45, 7) is 1.38. The first-order chi connectivity index (χ1) is 30.6. The molecule has 0 spiro atoms. The van der Waals surface area contributed by atoms with E-state index in [1.54, 1.807) is 76.4 Å². The van der Waals surface area contributed by atoms with Crippen LogP contribution in [0.25, 0.3) is 0 Å². The predicted octanol–water partition coefficient (Wildman–Crippen LogP) is 7.90. The van der Waals surface area contributed by atoms with Crippen molar-refractivity contribution in [2.45, 2.75) is 57.8 Å². The number of benzene rings is 4. The van der Waals surface area contributed by atoms with Gasteiger partial charge in [-0.25, -0.2) is 18.4 Å². The van der Waals surface area contributed by atoms with Gasteiger partial charge >= 0.3 is 24.1 Å². The number of carbonyl (C=O) groups excluding carboxylic acids is 5. The third-order valence-electron chi connectivity index (χ3n) is 10.7. The van der Waals surface area contributed by atoms with E-state index in [2.05, 4.69) is 0 Å². The van der Waals surface area contributed by atoms with Gasteiger partial charge < -0.3 is 30.3 Å². The highest BCUT2D eigenvalue weighted by Crippen LogP contribution is 2.27. The summed E-state index contributed by atoms with van der Waals surface area (Å²) in [4.78, 5) is 67.7. The Labute approximate surface area is 367 Å². The standard InChI is InChI=1S/C24H25F4N3O4.C22H26FN3O3/c1-35-19-9-7-18(8-10-19)31(23(34)30-11-3-2-4-12-30)15-17-6-5-16(13-20(17)25)21(32)14-29-22(33)24(26,27)28;1-29-19-9-7-18(8-10-19)26(22(28)25-11-3-2-4-12-25)15-17-6-5-16(13-20(17)23)21(27)14-24/h5-10,13H,2-4,11-12,14-15H2,1H3,(H,29,33);5-10,13H,2-4,11-12,14-15,24H2,1H3. The van der Waals surface area contributed by atoms with Crippen LogP contribution in [0.4, 0.5) is 42.9 Å². The highest BCUT2D eigenvalue weighted by Gasteiger charge is 2.38. The van der Waals surface area contributed by atoms with Crippen molar-refractivity contribution >= 4 is 40.9 Å². The molecule has 0 radical (unpaired) electrons. The Hall–Kier alpha value is -6.56. The molecule has 3 N–H and O–H groups in total. The number of ether oxygens (including phenoxy) is 2. The summed E-state index contributed by atoms with van der Waals surface area (Å²) in [5.41, 5.74) is 7.01. The minimum Gasteiger partial charge on any atom is -0.497 e. The monoisotopic (exact) mass is 894 g/mol. The lowest BCUT2D eigenvalue weighted by molar-refractivity contribution is -0.173. The Balaban J connectivity index is 0.000000245. The Morgan fingerprint density at radius 1 is 0.609 bits per heavy atom. The quantitative estimate of drug-likeness (QED) is 0.102. The van der Waals surface area contributed by atoms with Gasteiger partial charge in [-0.3, -0.25) is 24.2 Å². The second-order valence-electron chi connectivity index (χ2n) is 15.1. The van der Waals surface area contributed by atoms with E-state index in [4.69, 9.17) is 15.2 Å². The fourth-order valence-corrected chi connectivity index (χ4v) is 7.09. The summed E-state index contributed by atoms with van der Waals surface area (Å²) in [6.07, 6.45) is 0.689. The van der Waals surface area contributed by atoms with E-state index >= 15 is 0 Å². The van der Waals surface area contributed by atoms with Gasteiger partial charge in [0.2, 0.25) is 0 Å². The predicted molar refractivity (Wildman–Crippen MR) is 230 cm³/mol. The largest absolute Gasteiger partial charge is 0.497 e. The molecule has 2 aliphatic heterocycles. The zero-order valence-corrected chi connectivity index (χ0v) is 35.6. The van der Waals surface area contributed by atoms with Gasteiger partial charge in [-0.15, -0.1) is 0 Å². The van der Waals surface area contributed by atoms with Gasteiger partial charge in [-0.1, -0.05) is 24.3 Å². The second-order valence-corrected chi connectivity index (χ2v) is 15.1. The van der Waals surface area contributed by atoms with E-state index < -0.39 is 36.0 Å². The number of likely N-dealkylation sites (tertiary alicyclic amines) is 2. The highest BCUT2D eigenvalue weighted by atomic mass is 19.4. The van der Waals surface area contributed by atoms with Gasteiger partial charge in [0.1, 0.15) is 23.1 Å². The summed E-state index contributed by atoms with van der Waals surface area (Å²) in [7, 11) is 3.09. The smallest absolute Gasteiger partial charge is 0.471 e. The maximum atomic E-state index is 14.9. The van der Waals surface area contributed by atoms with Crippen LogP contribution in [0.5, 0.6) is 11.5 Å². The molecule has 0 aliphatic carbocycles. The molecule has 18 heteroatoms. The van der Waals surface area contributed by atoms with Crippen molar-refractivity contribution in [3.05, 3.63) is 119 Å². The minimum absolute atomic E-state index is 0.0601. The Kier molecular flexibility index (Phi) is 17.2. The molecule has 0 bridgehead atoms. The van der Waals surface area contributed by atoms with Crippen LogP contribution in [-0.2, 0) is 17.9 Å². The molecule has 5 amide bonds. The van der Waals surface area contributed by atoms with Crippen LogP contribution in [0.2, 0.25) is 0 Å². The number of hydrogen-bond donors (Lipinski definition) is 2. The van der Waals surface area contributed by atoms with E-state index in [1.807, 2.05) is 0 Å². The summed E-state index contributed by atoms with van der Waals surface area (Å²) in [5.74, 6) is -3.54. The Morgan fingerprint density at radius 3 is 1.34 bits per heavy atom. The highest BCUT2D eigenvalue weighted by molar-refractivity contribution is 6.00. The lowest BCUT2D eigenvalue weighted by atomic mass is 10.1. The van der Waals surface area contributed by atoms with E-state index in [0.29, 0.717) is 54.6 Å². The second kappa shape index (κ2) is 22.7. The third-order valence-corrected chi connectivity index (χ3v) is 10.7. The molecule has 64 heavy (non-hydrogen) atoms. The molecule has 0 saturated carbocycles. The first-order valence-electron chi connectivity index (χ1n) is 20.7.